The summed E-state index contributed by atoms with van der Waals surface area (Å²) in [4.78, 5) is 14.2. The second kappa shape index (κ2) is 4.30. The van der Waals surface area contributed by atoms with Crippen LogP contribution in [0, 0.1) is 0 Å². The summed E-state index contributed by atoms with van der Waals surface area (Å²) in [5, 5.41) is 0. The number of carbonyl (C=O) groups excluding carboxylic acids is 1. The molecule has 0 fully saturated rings. The Morgan fingerprint density at radius 2 is 1.67 bits per heavy atom. The van der Waals surface area contributed by atoms with Gasteiger partial charge in [-0.3, -0.25) is 4.79 Å². The van der Waals surface area contributed by atoms with Crippen LogP contribution in [-0.2, 0) is 11.3 Å². The molecule has 2 aromatic carbocycles. The summed E-state index contributed by atoms with van der Waals surface area (Å²) in [6.45, 7) is 2.63. The molecule has 2 nitrogen and oxygen atoms in total. The van der Waals surface area contributed by atoms with Crippen molar-refractivity contribution in [3.8, 4) is 0 Å². The topological polar surface area (TPSA) is 20.3 Å². The van der Waals surface area contributed by atoms with Gasteiger partial charge in [-0.2, -0.15) is 0 Å². The van der Waals surface area contributed by atoms with E-state index in [0.29, 0.717) is 6.54 Å². The molecule has 1 aliphatic heterocycles. The van der Waals surface area contributed by atoms with Crippen molar-refractivity contribution in [3.05, 3.63) is 65.7 Å². The lowest BCUT2D eigenvalue weighted by molar-refractivity contribution is -0.119. The van der Waals surface area contributed by atoms with Crippen LogP contribution in [0.4, 0.5) is 5.69 Å². The van der Waals surface area contributed by atoms with Crippen LogP contribution >= 0.6 is 0 Å². The molecular weight excluding hydrogens is 222 g/mol. The van der Waals surface area contributed by atoms with E-state index in [1.54, 1.807) is 0 Å². The maximum absolute atomic E-state index is 12.3. The Morgan fingerprint density at radius 1 is 1.00 bits per heavy atom. The van der Waals surface area contributed by atoms with Crippen molar-refractivity contribution in [1.82, 2.24) is 0 Å². The number of para-hydroxylation sites is 1. The molecule has 0 spiro atoms. The molecule has 0 saturated heterocycles. The van der Waals surface area contributed by atoms with Crippen molar-refractivity contribution in [3.63, 3.8) is 0 Å². The summed E-state index contributed by atoms with van der Waals surface area (Å²) < 4.78 is 0. The van der Waals surface area contributed by atoms with Crippen molar-refractivity contribution in [1.29, 1.82) is 0 Å². The van der Waals surface area contributed by atoms with Crippen LogP contribution in [0.5, 0.6) is 0 Å². The van der Waals surface area contributed by atoms with Crippen LogP contribution in [-0.4, -0.2) is 5.91 Å². The van der Waals surface area contributed by atoms with Gasteiger partial charge in [0.1, 0.15) is 0 Å². The molecule has 1 amide bonds. The Kier molecular flexibility index (Phi) is 2.63. The first-order valence-electron chi connectivity index (χ1n) is 6.21. The zero-order chi connectivity index (χ0) is 12.5. The number of fused-ring (bicyclic) bond motifs is 1. The standard InChI is InChI=1S/C16H15NO/c1-12-14-9-5-6-10-15(14)17(16(12)18)11-13-7-3-2-4-8-13/h2-10,12H,11H2,1H3. The van der Waals surface area contributed by atoms with Crippen LogP contribution in [0.2, 0.25) is 0 Å². The van der Waals surface area contributed by atoms with E-state index in [1.165, 1.54) is 0 Å². The molecule has 3 rings (SSSR count). The normalized spacial score (nSPS) is 17.9. The Hall–Kier alpha value is -2.09. The summed E-state index contributed by atoms with van der Waals surface area (Å²) in [6, 6.07) is 18.2. The van der Waals surface area contributed by atoms with E-state index >= 15 is 0 Å². The third kappa shape index (κ3) is 1.70. The van der Waals surface area contributed by atoms with Crippen LogP contribution < -0.4 is 4.90 Å². The lowest BCUT2D eigenvalue weighted by Gasteiger charge is -2.17. The van der Waals surface area contributed by atoms with Crippen LogP contribution in [0.3, 0.4) is 0 Å². The van der Waals surface area contributed by atoms with Gasteiger partial charge in [0.15, 0.2) is 0 Å². The number of hydrogen-bond donors (Lipinski definition) is 0. The second-order valence-electron chi connectivity index (χ2n) is 4.69. The largest absolute Gasteiger partial charge is 0.307 e. The van der Waals surface area contributed by atoms with E-state index in [9.17, 15) is 4.79 Å². The smallest absolute Gasteiger partial charge is 0.234 e. The van der Waals surface area contributed by atoms with Crippen LogP contribution in [0.15, 0.2) is 54.6 Å². The second-order valence-corrected chi connectivity index (χ2v) is 4.69. The first-order chi connectivity index (χ1) is 8.77. The maximum Gasteiger partial charge on any atom is 0.234 e. The summed E-state index contributed by atoms with van der Waals surface area (Å²) >= 11 is 0. The van der Waals surface area contributed by atoms with Gasteiger partial charge in [-0.1, -0.05) is 48.5 Å². The van der Waals surface area contributed by atoms with Crippen molar-refractivity contribution in [2.45, 2.75) is 19.4 Å². The molecule has 0 saturated carbocycles. The first-order valence-corrected chi connectivity index (χ1v) is 6.21. The Labute approximate surface area is 107 Å². The fourth-order valence-corrected chi connectivity index (χ4v) is 2.51. The SMILES string of the molecule is CC1C(=O)N(Cc2ccccc2)c2ccccc21. The number of carbonyl (C=O) groups is 1. The number of hydrogen-bond acceptors (Lipinski definition) is 1. The van der Waals surface area contributed by atoms with Crippen molar-refractivity contribution >= 4 is 11.6 Å². The predicted octanol–water partition coefficient (Wildman–Crippen LogP) is 3.34. The highest BCUT2D eigenvalue weighted by atomic mass is 16.2. The summed E-state index contributed by atoms with van der Waals surface area (Å²) in [6.07, 6.45) is 0. The van der Waals surface area contributed by atoms with Crippen LogP contribution in [0.25, 0.3) is 0 Å². The summed E-state index contributed by atoms with van der Waals surface area (Å²) in [5.74, 6) is 0.171. The maximum atomic E-state index is 12.3. The molecule has 0 aromatic heterocycles. The first kappa shape index (κ1) is 11.0. The van der Waals surface area contributed by atoms with E-state index < -0.39 is 0 Å². The van der Waals surface area contributed by atoms with Crippen molar-refractivity contribution < 1.29 is 4.79 Å². The number of nitrogens with zero attached hydrogens (tertiary/aromatic N) is 1. The van der Waals surface area contributed by atoms with E-state index in [2.05, 4.69) is 12.1 Å². The molecule has 2 aromatic rings. The van der Waals surface area contributed by atoms with E-state index in [-0.39, 0.29) is 11.8 Å². The molecule has 90 valence electrons. The summed E-state index contributed by atoms with van der Waals surface area (Å²) in [5.41, 5.74) is 3.35. The Bertz CT molecular complexity index is 577. The molecule has 1 aliphatic rings. The molecule has 18 heavy (non-hydrogen) atoms. The quantitative estimate of drug-likeness (QED) is 0.784. The molecule has 1 atom stereocenters. The third-order valence-electron chi connectivity index (χ3n) is 3.51. The van der Waals surface area contributed by atoms with E-state index in [4.69, 9.17) is 0 Å². The lowest BCUT2D eigenvalue weighted by Crippen LogP contribution is -2.27. The molecular formula is C16H15NO. The number of anilines is 1. The minimum Gasteiger partial charge on any atom is -0.307 e. The van der Waals surface area contributed by atoms with Gasteiger partial charge >= 0.3 is 0 Å². The molecule has 0 bridgehead atoms. The van der Waals surface area contributed by atoms with E-state index in [1.807, 2.05) is 54.3 Å². The van der Waals surface area contributed by atoms with Gasteiger partial charge in [0, 0.05) is 5.69 Å². The van der Waals surface area contributed by atoms with Gasteiger partial charge in [0.25, 0.3) is 0 Å². The average Bonchev–Trinajstić information content (AvgIpc) is 2.66. The van der Waals surface area contributed by atoms with Gasteiger partial charge in [0.05, 0.1) is 12.5 Å². The Morgan fingerprint density at radius 3 is 2.44 bits per heavy atom. The van der Waals surface area contributed by atoms with Crippen molar-refractivity contribution in [2.75, 3.05) is 4.90 Å². The fraction of sp³-hybridized carbons (Fsp3) is 0.188. The third-order valence-corrected chi connectivity index (χ3v) is 3.51. The van der Waals surface area contributed by atoms with Gasteiger partial charge in [-0.05, 0) is 24.1 Å². The zero-order valence-corrected chi connectivity index (χ0v) is 10.3. The lowest BCUT2D eigenvalue weighted by atomic mass is 10.0. The Balaban J connectivity index is 1.96. The molecule has 1 heterocycles. The molecule has 2 heteroatoms. The minimum atomic E-state index is -0.0232. The monoisotopic (exact) mass is 237 g/mol. The number of rotatable bonds is 2. The van der Waals surface area contributed by atoms with E-state index in [0.717, 1.165) is 16.8 Å². The highest BCUT2D eigenvalue weighted by Crippen LogP contribution is 2.37. The highest BCUT2D eigenvalue weighted by molar-refractivity contribution is 6.04. The molecule has 0 radical (unpaired) electrons. The van der Waals surface area contributed by atoms with Crippen LogP contribution in [0.1, 0.15) is 24.0 Å². The highest BCUT2D eigenvalue weighted by Gasteiger charge is 2.33. The van der Waals surface area contributed by atoms with Gasteiger partial charge in [-0.25, -0.2) is 0 Å². The van der Waals surface area contributed by atoms with Gasteiger partial charge in [0.2, 0.25) is 5.91 Å². The molecule has 0 aliphatic carbocycles. The van der Waals surface area contributed by atoms with Crippen molar-refractivity contribution in [2.24, 2.45) is 0 Å². The minimum absolute atomic E-state index is 0.0232. The molecule has 1 unspecified atom stereocenters. The number of benzene rings is 2. The summed E-state index contributed by atoms with van der Waals surface area (Å²) in [7, 11) is 0. The fourth-order valence-electron chi connectivity index (χ4n) is 2.51. The van der Waals surface area contributed by atoms with Gasteiger partial charge < -0.3 is 4.90 Å². The number of amides is 1. The zero-order valence-electron chi connectivity index (χ0n) is 10.3. The van der Waals surface area contributed by atoms with Gasteiger partial charge in [-0.15, -0.1) is 0 Å². The average molecular weight is 237 g/mol. The molecule has 0 N–H and O–H groups in total. The predicted molar refractivity (Wildman–Crippen MR) is 72.5 cm³/mol.